The highest BCUT2D eigenvalue weighted by atomic mass is 32.1. The molecule has 28 heavy (non-hydrogen) atoms. The van der Waals surface area contributed by atoms with Crippen molar-refractivity contribution in [3.05, 3.63) is 59.2 Å². The Balaban J connectivity index is 1.77. The fourth-order valence-corrected chi connectivity index (χ4v) is 4.75. The molecule has 0 saturated carbocycles. The molecular formula is C23H26N2O2S. The number of carbonyl (C=O) groups is 1. The van der Waals surface area contributed by atoms with E-state index in [9.17, 15) is 4.79 Å². The first-order valence-electron chi connectivity index (χ1n) is 9.93. The molecule has 1 aromatic heterocycles. The van der Waals surface area contributed by atoms with E-state index in [1.54, 1.807) is 11.3 Å². The second kappa shape index (κ2) is 8.02. The number of carbonyl (C=O) groups excluding carboxylic acids is 1. The molecular weight excluding hydrogens is 368 g/mol. The summed E-state index contributed by atoms with van der Waals surface area (Å²) in [5, 5.41) is 0.756. The average Bonchev–Trinajstić information content (AvgIpc) is 3.34. The lowest BCUT2D eigenvalue weighted by molar-refractivity contribution is 0.0917. The maximum absolute atomic E-state index is 13.5. The minimum atomic E-state index is -0.00115. The molecule has 1 unspecified atom stereocenters. The van der Waals surface area contributed by atoms with Crippen LogP contribution in [-0.4, -0.2) is 30.1 Å². The van der Waals surface area contributed by atoms with Crippen molar-refractivity contribution in [2.75, 3.05) is 18.1 Å². The maximum Gasteiger partial charge on any atom is 0.260 e. The van der Waals surface area contributed by atoms with Crippen LogP contribution in [0.1, 0.15) is 54.1 Å². The standard InChI is InChI=1S/C23H26N2O2S/c1-15(2)18-11-6-12-20-21(18)24-23(28-20)25(14-17-9-7-13-27-17)22(26)19-10-5-4-8-16(19)3/h4-6,8,10-12,15,17H,7,9,13-14H2,1-3H3. The van der Waals surface area contributed by atoms with Gasteiger partial charge in [-0.25, -0.2) is 4.98 Å². The topological polar surface area (TPSA) is 42.4 Å². The number of amides is 1. The van der Waals surface area contributed by atoms with Gasteiger partial charge in [-0.1, -0.05) is 55.5 Å². The number of rotatable bonds is 5. The summed E-state index contributed by atoms with van der Waals surface area (Å²) in [5.74, 6) is 0.385. The number of thiazole rings is 1. The molecule has 2 aromatic carbocycles. The Morgan fingerprint density at radius 3 is 2.79 bits per heavy atom. The largest absolute Gasteiger partial charge is 0.376 e. The number of ether oxygens (including phenoxy) is 1. The zero-order valence-corrected chi connectivity index (χ0v) is 17.5. The molecule has 0 aliphatic carbocycles. The van der Waals surface area contributed by atoms with Crippen molar-refractivity contribution in [3.8, 4) is 0 Å². The van der Waals surface area contributed by atoms with Crippen LogP contribution in [0.2, 0.25) is 0 Å². The van der Waals surface area contributed by atoms with Crippen LogP contribution in [0, 0.1) is 6.92 Å². The van der Waals surface area contributed by atoms with Gasteiger partial charge in [0.15, 0.2) is 5.13 Å². The van der Waals surface area contributed by atoms with Crippen molar-refractivity contribution in [2.24, 2.45) is 0 Å². The van der Waals surface area contributed by atoms with E-state index in [0.717, 1.165) is 45.9 Å². The summed E-state index contributed by atoms with van der Waals surface area (Å²) in [6, 6.07) is 14.0. The molecule has 1 atom stereocenters. The van der Waals surface area contributed by atoms with E-state index in [0.29, 0.717) is 12.5 Å². The minimum absolute atomic E-state index is 0.00115. The van der Waals surface area contributed by atoms with Gasteiger partial charge in [-0.05, 0) is 48.9 Å². The van der Waals surface area contributed by atoms with Gasteiger partial charge in [0, 0.05) is 12.2 Å². The second-order valence-corrected chi connectivity index (χ2v) is 8.72. The van der Waals surface area contributed by atoms with E-state index in [1.165, 1.54) is 5.56 Å². The third-order valence-corrected chi connectivity index (χ3v) is 6.37. The van der Waals surface area contributed by atoms with Gasteiger partial charge in [0.05, 0.1) is 22.9 Å². The maximum atomic E-state index is 13.5. The Kier molecular flexibility index (Phi) is 5.47. The van der Waals surface area contributed by atoms with Crippen molar-refractivity contribution in [1.82, 2.24) is 4.98 Å². The summed E-state index contributed by atoms with van der Waals surface area (Å²) < 4.78 is 6.96. The fraction of sp³-hybridized carbons (Fsp3) is 0.391. The third kappa shape index (κ3) is 3.69. The van der Waals surface area contributed by atoms with E-state index < -0.39 is 0 Å². The molecule has 3 aromatic rings. The highest BCUT2D eigenvalue weighted by molar-refractivity contribution is 7.22. The first kappa shape index (κ1) is 19.1. The van der Waals surface area contributed by atoms with Crippen molar-refractivity contribution in [1.29, 1.82) is 0 Å². The van der Waals surface area contributed by atoms with Gasteiger partial charge in [-0.15, -0.1) is 0 Å². The minimum Gasteiger partial charge on any atom is -0.376 e. The van der Waals surface area contributed by atoms with Gasteiger partial charge < -0.3 is 4.74 Å². The van der Waals surface area contributed by atoms with Crippen LogP contribution in [0.15, 0.2) is 42.5 Å². The summed E-state index contributed by atoms with van der Waals surface area (Å²) in [6.07, 6.45) is 2.11. The van der Waals surface area contributed by atoms with E-state index in [-0.39, 0.29) is 12.0 Å². The van der Waals surface area contributed by atoms with Gasteiger partial charge in [0.25, 0.3) is 5.91 Å². The molecule has 0 radical (unpaired) electrons. The first-order valence-corrected chi connectivity index (χ1v) is 10.7. The monoisotopic (exact) mass is 394 g/mol. The number of hydrogen-bond donors (Lipinski definition) is 0. The predicted octanol–water partition coefficient (Wildman–Crippen LogP) is 5.55. The molecule has 146 valence electrons. The van der Waals surface area contributed by atoms with Gasteiger partial charge in [-0.3, -0.25) is 9.69 Å². The van der Waals surface area contributed by atoms with Crippen LogP contribution in [0.5, 0.6) is 0 Å². The molecule has 1 aliphatic rings. The van der Waals surface area contributed by atoms with Gasteiger partial charge in [0.2, 0.25) is 0 Å². The zero-order valence-electron chi connectivity index (χ0n) is 16.6. The number of aryl methyl sites for hydroxylation is 1. The van der Waals surface area contributed by atoms with Crippen LogP contribution in [-0.2, 0) is 4.74 Å². The second-order valence-electron chi connectivity index (χ2n) is 7.71. The quantitative estimate of drug-likeness (QED) is 0.569. The number of nitrogens with zero attached hydrogens (tertiary/aromatic N) is 2. The van der Waals surface area contributed by atoms with Crippen LogP contribution >= 0.6 is 11.3 Å². The molecule has 0 N–H and O–H groups in total. The fourth-order valence-electron chi connectivity index (χ4n) is 3.74. The summed E-state index contributed by atoms with van der Waals surface area (Å²) in [7, 11) is 0. The molecule has 5 heteroatoms. The normalized spacial score (nSPS) is 16.8. The van der Waals surface area contributed by atoms with Gasteiger partial charge >= 0.3 is 0 Å². The Morgan fingerprint density at radius 1 is 1.25 bits per heavy atom. The Bertz CT molecular complexity index is 989. The number of hydrogen-bond acceptors (Lipinski definition) is 4. The lowest BCUT2D eigenvalue weighted by atomic mass is 10.0. The molecule has 1 aliphatic heterocycles. The lowest BCUT2D eigenvalue weighted by Crippen LogP contribution is -2.37. The van der Waals surface area contributed by atoms with Crippen LogP contribution < -0.4 is 4.90 Å². The Morgan fingerprint density at radius 2 is 2.07 bits per heavy atom. The number of para-hydroxylation sites is 1. The van der Waals surface area contributed by atoms with Crippen LogP contribution in [0.3, 0.4) is 0 Å². The Hall–Kier alpha value is -2.24. The number of aromatic nitrogens is 1. The molecule has 1 fully saturated rings. The highest BCUT2D eigenvalue weighted by Crippen LogP contribution is 2.34. The molecule has 0 spiro atoms. The summed E-state index contributed by atoms with van der Waals surface area (Å²) >= 11 is 1.59. The van der Waals surface area contributed by atoms with Crippen molar-refractivity contribution < 1.29 is 9.53 Å². The van der Waals surface area contributed by atoms with E-state index >= 15 is 0 Å². The van der Waals surface area contributed by atoms with E-state index in [2.05, 4.69) is 32.0 Å². The smallest absolute Gasteiger partial charge is 0.260 e. The lowest BCUT2D eigenvalue weighted by Gasteiger charge is -2.23. The molecule has 2 heterocycles. The number of anilines is 1. The molecule has 4 nitrogen and oxygen atoms in total. The molecule has 4 rings (SSSR count). The first-order chi connectivity index (χ1) is 13.5. The van der Waals surface area contributed by atoms with Gasteiger partial charge in [0.1, 0.15) is 0 Å². The third-order valence-electron chi connectivity index (χ3n) is 5.32. The zero-order chi connectivity index (χ0) is 19.7. The predicted molar refractivity (Wildman–Crippen MR) is 116 cm³/mol. The Labute approximate surface area is 170 Å². The molecule has 1 saturated heterocycles. The van der Waals surface area contributed by atoms with Crippen molar-refractivity contribution in [3.63, 3.8) is 0 Å². The number of fused-ring (bicyclic) bond motifs is 1. The van der Waals surface area contributed by atoms with Crippen LogP contribution in [0.25, 0.3) is 10.2 Å². The van der Waals surface area contributed by atoms with E-state index in [1.807, 2.05) is 36.1 Å². The summed E-state index contributed by atoms with van der Waals surface area (Å²) in [4.78, 5) is 20.2. The SMILES string of the molecule is Cc1ccccc1C(=O)N(CC1CCCO1)c1nc2c(C(C)C)cccc2s1. The molecule has 0 bridgehead atoms. The number of benzene rings is 2. The molecule has 1 amide bonds. The van der Waals surface area contributed by atoms with Crippen molar-refractivity contribution >= 4 is 32.6 Å². The van der Waals surface area contributed by atoms with Gasteiger partial charge in [-0.2, -0.15) is 0 Å². The van der Waals surface area contributed by atoms with E-state index in [4.69, 9.17) is 9.72 Å². The highest BCUT2D eigenvalue weighted by Gasteiger charge is 2.28. The summed E-state index contributed by atoms with van der Waals surface area (Å²) in [6.45, 7) is 7.65. The summed E-state index contributed by atoms with van der Waals surface area (Å²) in [5.41, 5.74) is 3.94. The van der Waals surface area contributed by atoms with Crippen LogP contribution in [0.4, 0.5) is 5.13 Å². The van der Waals surface area contributed by atoms with Crippen molar-refractivity contribution in [2.45, 2.75) is 45.6 Å². The average molecular weight is 395 g/mol.